The topological polar surface area (TPSA) is 133 Å². The zero-order valence-corrected chi connectivity index (χ0v) is 19.2. The third-order valence-corrected chi connectivity index (χ3v) is 7.38. The number of likely N-dealkylation sites (tertiary alicyclic amines) is 1. The van der Waals surface area contributed by atoms with Gasteiger partial charge in [-0.2, -0.15) is 5.10 Å². The van der Waals surface area contributed by atoms with E-state index in [1.165, 1.54) is 10.6 Å². The molecule has 3 aromatic rings. The molecular weight excluding hydrogens is 454 g/mol. The Morgan fingerprint density at radius 1 is 1.17 bits per heavy atom. The highest BCUT2D eigenvalue weighted by molar-refractivity contribution is 5.97. The lowest BCUT2D eigenvalue weighted by atomic mass is 9.83. The number of nitrogens with one attached hydrogen (secondary N) is 1. The van der Waals surface area contributed by atoms with E-state index in [0.29, 0.717) is 43.2 Å². The summed E-state index contributed by atoms with van der Waals surface area (Å²) in [6, 6.07) is 6.73. The van der Waals surface area contributed by atoms with Gasteiger partial charge in [0.2, 0.25) is 0 Å². The average Bonchev–Trinajstić information content (AvgIpc) is 3.42. The normalized spacial score (nSPS) is 19.5. The number of aromatic amines is 1. The molecular formula is C24H23N5O6. The Balaban J connectivity index is 1.29. The summed E-state index contributed by atoms with van der Waals surface area (Å²) in [5.74, 6) is 1.10. The minimum Gasteiger partial charge on any atom is -0.493 e. The molecule has 11 heteroatoms. The van der Waals surface area contributed by atoms with Crippen molar-refractivity contribution in [1.29, 1.82) is 0 Å². The van der Waals surface area contributed by atoms with Crippen LogP contribution in [0.25, 0.3) is 11.3 Å². The minimum atomic E-state index is -0.641. The number of carbonyl (C=O) groups excluding carboxylic acids is 1. The van der Waals surface area contributed by atoms with Gasteiger partial charge in [-0.05, 0) is 36.1 Å². The number of H-pyrrole nitrogens is 1. The van der Waals surface area contributed by atoms with E-state index >= 15 is 0 Å². The predicted octanol–water partition coefficient (Wildman–Crippen LogP) is 2.33. The van der Waals surface area contributed by atoms with E-state index < -0.39 is 16.2 Å². The van der Waals surface area contributed by atoms with Crippen LogP contribution in [0, 0.1) is 16.0 Å². The first-order chi connectivity index (χ1) is 16.9. The maximum Gasteiger partial charge on any atom is 0.334 e. The molecule has 0 spiro atoms. The fourth-order valence-corrected chi connectivity index (χ4v) is 5.81. The number of rotatable bonds is 4. The molecule has 0 radical (unpaired) electrons. The Morgan fingerprint density at radius 2 is 1.94 bits per heavy atom. The molecule has 180 valence electrons. The Labute approximate surface area is 199 Å². The molecule has 2 bridgehead atoms. The molecule has 0 unspecified atom stereocenters. The Morgan fingerprint density at radius 3 is 2.69 bits per heavy atom. The first-order valence-corrected chi connectivity index (χ1v) is 11.4. The fraction of sp³-hybridized carbons (Fsp3) is 0.375. The molecule has 1 fully saturated rings. The van der Waals surface area contributed by atoms with E-state index in [0.717, 1.165) is 34.5 Å². The van der Waals surface area contributed by atoms with Crippen LogP contribution in [0.4, 0.5) is 5.69 Å². The molecule has 4 heterocycles. The average molecular weight is 477 g/mol. The van der Waals surface area contributed by atoms with Crippen LogP contribution in [0.1, 0.15) is 39.6 Å². The second-order valence-electron chi connectivity index (χ2n) is 9.29. The number of piperidine rings is 1. The lowest BCUT2D eigenvalue weighted by Crippen LogP contribution is -2.49. The minimum absolute atomic E-state index is 0.0478. The van der Waals surface area contributed by atoms with Crippen LogP contribution >= 0.6 is 0 Å². The molecule has 1 N–H and O–H groups in total. The zero-order valence-electron chi connectivity index (χ0n) is 19.2. The van der Waals surface area contributed by atoms with Gasteiger partial charge >= 0.3 is 11.2 Å². The van der Waals surface area contributed by atoms with Crippen molar-refractivity contribution in [2.75, 3.05) is 27.3 Å². The number of amides is 1. The second-order valence-corrected chi connectivity index (χ2v) is 9.29. The second kappa shape index (κ2) is 7.69. The maximum atomic E-state index is 13.6. The summed E-state index contributed by atoms with van der Waals surface area (Å²) in [5, 5.41) is 18.6. The number of fused-ring (bicyclic) bond motifs is 7. The van der Waals surface area contributed by atoms with E-state index in [-0.39, 0.29) is 17.7 Å². The van der Waals surface area contributed by atoms with Crippen LogP contribution in [0.2, 0.25) is 0 Å². The van der Waals surface area contributed by atoms with Crippen molar-refractivity contribution in [3.63, 3.8) is 0 Å². The number of pyridine rings is 1. The third kappa shape index (κ3) is 3.14. The van der Waals surface area contributed by atoms with Gasteiger partial charge in [-0.1, -0.05) is 0 Å². The lowest BCUT2D eigenvalue weighted by Gasteiger charge is -2.42. The monoisotopic (exact) mass is 477 g/mol. The van der Waals surface area contributed by atoms with Crippen LogP contribution in [-0.4, -0.2) is 57.8 Å². The molecule has 3 aliphatic rings. The number of ether oxygens (including phenoxy) is 2. The van der Waals surface area contributed by atoms with Gasteiger partial charge in [0, 0.05) is 54.9 Å². The molecule has 1 aromatic carbocycles. The Kier molecular flexibility index (Phi) is 4.70. The summed E-state index contributed by atoms with van der Waals surface area (Å²) in [7, 11) is 3.17. The molecule has 6 rings (SSSR count). The molecule has 2 aromatic heterocycles. The first-order valence-electron chi connectivity index (χ1n) is 11.4. The summed E-state index contributed by atoms with van der Waals surface area (Å²) < 4.78 is 12.4. The number of nitrogens with zero attached hydrogens (tertiary/aromatic N) is 4. The third-order valence-electron chi connectivity index (χ3n) is 7.38. The highest BCUT2D eigenvalue weighted by atomic mass is 16.6. The van der Waals surface area contributed by atoms with E-state index in [1.54, 1.807) is 20.3 Å². The van der Waals surface area contributed by atoms with E-state index in [4.69, 9.17) is 9.47 Å². The summed E-state index contributed by atoms with van der Waals surface area (Å²) in [6.07, 6.45) is 1.40. The van der Waals surface area contributed by atoms with Crippen LogP contribution in [0.5, 0.6) is 11.5 Å². The number of hydrogen-bond donors (Lipinski definition) is 1. The van der Waals surface area contributed by atoms with Gasteiger partial charge in [0.05, 0.1) is 24.8 Å². The van der Waals surface area contributed by atoms with E-state index in [2.05, 4.69) is 10.2 Å². The van der Waals surface area contributed by atoms with Crippen LogP contribution in [0.15, 0.2) is 29.1 Å². The van der Waals surface area contributed by atoms with E-state index in [1.807, 2.05) is 17.0 Å². The molecule has 11 nitrogen and oxygen atoms in total. The highest BCUT2D eigenvalue weighted by Gasteiger charge is 2.39. The van der Waals surface area contributed by atoms with Gasteiger partial charge < -0.3 is 18.9 Å². The van der Waals surface area contributed by atoms with Gasteiger partial charge in [0.25, 0.3) is 5.91 Å². The smallest absolute Gasteiger partial charge is 0.334 e. The number of aromatic nitrogens is 3. The van der Waals surface area contributed by atoms with Crippen molar-refractivity contribution >= 4 is 11.6 Å². The number of carbonyl (C=O) groups is 1. The van der Waals surface area contributed by atoms with Gasteiger partial charge in [-0.3, -0.25) is 24.8 Å². The van der Waals surface area contributed by atoms with E-state index in [9.17, 15) is 19.7 Å². The summed E-state index contributed by atoms with van der Waals surface area (Å²) in [5.41, 5.74) is 3.76. The van der Waals surface area contributed by atoms with Crippen molar-refractivity contribution in [2.24, 2.45) is 5.92 Å². The standard InChI is InChI=1S/C24H23N5O6/c1-34-19-7-13-6-16-21(15(13)8-20(19)35-2)25-26-22(16)24(31)27-9-12-5-14(11-27)17-3-4-18(29(32)33)23(30)28(17)10-12/h3-4,7-8,12,14H,5-6,9-11H2,1-2H3,(H,25,26)/t12-,14+/m1/s1. The van der Waals surface area contributed by atoms with Crippen molar-refractivity contribution in [2.45, 2.75) is 25.3 Å². The molecule has 0 saturated carbocycles. The SMILES string of the molecule is COc1cc2c(cc1OC)-c1n[nH]c(C(=O)N3C[C@H]4C[C@@H](C3)c3ccc([N+](=O)[O-])c(=O)n3C4)c1C2. The largest absolute Gasteiger partial charge is 0.493 e. The molecule has 2 aliphatic heterocycles. The zero-order chi connectivity index (χ0) is 24.4. The fourth-order valence-electron chi connectivity index (χ4n) is 5.81. The van der Waals surface area contributed by atoms with Gasteiger partial charge in [-0.15, -0.1) is 0 Å². The quantitative estimate of drug-likeness (QED) is 0.352. The van der Waals surface area contributed by atoms with Crippen molar-refractivity contribution < 1.29 is 19.2 Å². The molecule has 1 aliphatic carbocycles. The molecule has 1 amide bonds. The molecule has 1 saturated heterocycles. The van der Waals surface area contributed by atoms with Crippen molar-refractivity contribution in [3.8, 4) is 22.8 Å². The first kappa shape index (κ1) is 21.4. The van der Waals surface area contributed by atoms with Crippen LogP contribution in [-0.2, 0) is 13.0 Å². The van der Waals surface area contributed by atoms with Crippen molar-refractivity contribution in [1.82, 2.24) is 19.7 Å². The summed E-state index contributed by atoms with van der Waals surface area (Å²) in [4.78, 5) is 38.6. The predicted molar refractivity (Wildman–Crippen MR) is 124 cm³/mol. The number of nitro groups is 1. The lowest BCUT2D eigenvalue weighted by molar-refractivity contribution is -0.386. The Bertz CT molecular complexity index is 1460. The summed E-state index contributed by atoms with van der Waals surface area (Å²) >= 11 is 0. The van der Waals surface area contributed by atoms with Crippen molar-refractivity contribution in [3.05, 3.63) is 67.2 Å². The number of hydrogen-bond acceptors (Lipinski definition) is 7. The Hall–Kier alpha value is -4.15. The molecule has 35 heavy (non-hydrogen) atoms. The van der Waals surface area contributed by atoms with Gasteiger partial charge in [-0.25, -0.2) is 0 Å². The molecule has 2 atom stereocenters. The van der Waals surface area contributed by atoms with Crippen LogP contribution < -0.4 is 15.0 Å². The number of benzene rings is 1. The van der Waals surface area contributed by atoms with Crippen LogP contribution in [0.3, 0.4) is 0 Å². The highest BCUT2D eigenvalue weighted by Crippen LogP contribution is 2.43. The van der Waals surface area contributed by atoms with Gasteiger partial charge in [0.15, 0.2) is 11.5 Å². The summed E-state index contributed by atoms with van der Waals surface area (Å²) in [6.45, 7) is 1.28. The number of methoxy groups -OCH3 is 2. The maximum absolute atomic E-state index is 13.6. The van der Waals surface area contributed by atoms with Gasteiger partial charge in [0.1, 0.15) is 5.69 Å².